The van der Waals surface area contributed by atoms with Crippen molar-refractivity contribution in [2.45, 2.75) is 6.54 Å². The number of benzene rings is 1. The summed E-state index contributed by atoms with van der Waals surface area (Å²) in [6.45, 7) is 6.30. The highest BCUT2D eigenvalue weighted by molar-refractivity contribution is 5.94. The van der Waals surface area contributed by atoms with Crippen LogP contribution in [-0.2, 0) is 11.3 Å². The van der Waals surface area contributed by atoms with Crippen LogP contribution < -0.4 is 10.6 Å². The van der Waals surface area contributed by atoms with Crippen LogP contribution in [-0.4, -0.2) is 57.2 Å². The summed E-state index contributed by atoms with van der Waals surface area (Å²) in [7, 11) is 1.62. The van der Waals surface area contributed by atoms with Crippen LogP contribution in [0.4, 0.5) is 0 Å². The number of carbonyl (C=O) groups excluding carboxylic acids is 1. The molecule has 0 saturated carbocycles. The molecule has 0 unspecified atom stereocenters. The average molecular weight is 277 g/mol. The fourth-order valence-corrected chi connectivity index (χ4v) is 2.26. The van der Waals surface area contributed by atoms with Gasteiger partial charge < -0.3 is 15.4 Å². The molecule has 1 aromatic rings. The number of carbonyl (C=O) groups is 1. The lowest BCUT2D eigenvalue weighted by Gasteiger charge is -2.27. The third-order valence-electron chi connectivity index (χ3n) is 3.42. The normalized spacial score (nSPS) is 16.1. The molecule has 0 aliphatic carbocycles. The summed E-state index contributed by atoms with van der Waals surface area (Å²) in [4.78, 5) is 14.3. The molecule has 0 radical (unpaired) electrons. The zero-order valence-corrected chi connectivity index (χ0v) is 12.0. The van der Waals surface area contributed by atoms with Gasteiger partial charge in [0.05, 0.1) is 6.61 Å². The lowest BCUT2D eigenvalue weighted by Crippen LogP contribution is -2.42. The summed E-state index contributed by atoms with van der Waals surface area (Å²) in [5, 5.41) is 6.16. The van der Waals surface area contributed by atoms with Crippen LogP contribution in [0.5, 0.6) is 0 Å². The van der Waals surface area contributed by atoms with E-state index in [1.54, 1.807) is 7.11 Å². The minimum absolute atomic E-state index is 0.0456. The first-order chi connectivity index (χ1) is 9.79. The van der Waals surface area contributed by atoms with Crippen molar-refractivity contribution in [3.63, 3.8) is 0 Å². The number of piperazine rings is 1. The third kappa shape index (κ3) is 4.59. The van der Waals surface area contributed by atoms with Crippen LogP contribution in [0.3, 0.4) is 0 Å². The predicted octanol–water partition coefficient (Wildman–Crippen LogP) is 0.468. The monoisotopic (exact) mass is 277 g/mol. The molecule has 1 fully saturated rings. The first-order valence-electron chi connectivity index (χ1n) is 7.09. The lowest BCUT2D eigenvalue weighted by molar-refractivity contribution is 0.0937. The Morgan fingerprint density at radius 1 is 1.30 bits per heavy atom. The second kappa shape index (κ2) is 7.99. The van der Waals surface area contributed by atoms with Crippen molar-refractivity contribution in [3.8, 4) is 0 Å². The fourth-order valence-electron chi connectivity index (χ4n) is 2.26. The van der Waals surface area contributed by atoms with Gasteiger partial charge in [-0.05, 0) is 17.7 Å². The van der Waals surface area contributed by atoms with Gasteiger partial charge in [0.25, 0.3) is 5.91 Å². The van der Waals surface area contributed by atoms with E-state index in [-0.39, 0.29) is 5.91 Å². The van der Waals surface area contributed by atoms with Gasteiger partial charge in [-0.15, -0.1) is 0 Å². The molecule has 1 saturated heterocycles. The van der Waals surface area contributed by atoms with Gasteiger partial charge in [0.2, 0.25) is 0 Å². The molecule has 1 aliphatic heterocycles. The molecule has 20 heavy (non-hydrogen) atoms. The maximum Gasteiger partial charge on any atom is 0.251 e. The zero-order valence-electron chi connectivity index (χ0n) is 12.0. The Balaban J connectivity index is 1.83. The molecule has 110 valence electrons. The summed E-state index contributed by atoms with van der Waals surface area (Å²) in [5.41, 5.74) is 1.95. The molecular weight excluding hydrogens is 254 g/mol. The SMILES string of the molecule is COCCNC(=O)c1ccc(CN2CCNCC2)cc1. The first-order valence-corrected chi connectivity index (χ1v) is 7.09. The molecule has 1 aliphatic rings. The molecule has 5 nitrogen and oxygen atoms in total. The van der Waals surface area contributed by atoms with E-state index in [0.29, 0.717) is 18.7 Å². The molecule has 0 atom stereocenters. The zero-order chi connectivity index (χ0) is 14.2. The van der Waals surface area contributed by atoms with Gasteiger partial charge in [-0.2, -0.15) is 0 Å². The molecule has 2 N–H and O–H groups in total. The number of nitrogens with one attached hydrogen (secondary N) is 2. The van der Waals surface area contributed by atoms with Gasteiger partial charge in [0, 0.05) is 51.9 Å². The average Bonchev–Trinajstić information content (AvgIpc) is 2.49. The van der Waals surface area contributed by atoms with Crippen molar-refractivity contribution in [1.29, 1.82) is 0 Å². The van der Waals surface area contributed by atoms with E-state index in [1.807, 2.05) is 24.3 Å². The molecule has 5 heteroatoms. The summed E-state index contributed by atoms with van der Waals surface area (Å²) in [5.74, 6) is -0.0456. The van der Waals surface area contributed by atoms with Crippen LogP contribution >= 0.6 is 0 Å². The summed E-state index contributed by atoms with van der Waals surface area (Å²) >= 11 is 0. The van der Waals surface area contributed by atoms with Gasteiger partial charge in [-0.25, -0.2) is 0 Å². The third-order valence-corrected chi connectivity index (χ3v) is 3.42. The van der Waals surface area contributed by atoms with Crippen LogP contribution in [0.25, 0.3) is 0 Å². The van der Waals surface area contributed by atoms with E-state index >= 15 is 0 Å². The van der Waals surface area contributed by atoms with Crippen LogP contribution in [0.2, 0.25) is 0 Å². The van der Waals surface area contributed by atoms with E-state index in [2.05, 4.69) is 15.5 Å². The predicted molar refractivity (Wildman–Crippen MR) is 78.8 cm³/mol. The quantitative estimate of drug-likeness (QED) is 0.742. The number of nitrogens with zero attached hydrogens (tertiary/aromatic N) is 1. The molecule has 0 bridgehead atoms. The lowest BCUT2D eigenvalue weighted by atomic mass is 10.1. The molecule has 0 spiro atoms. The maximum atomic E-state index is 11.8. The van der Waals surface area contributed by atoms with Gasteiger partial charge >= 0.3 is 0 Å². The van der Waals surface area contributed by atoms with Gasteiger partial charge in [-0.3, -0.25) is 9.69 Å². The number of methoxy groups -OCH3 is 1. The van der Waals surface area contributed by atoms with E-state index in [9.17, 15) is 4.79 Å². The van der Waals surface area contributed by atoms with Crippen molar-refractivity contribution in [1.82, 2.24) is 15.5 Å². The highest BCUT2D eigenvalue weighted by atomic mass is 16.5. The standard InChI is InChI=1S/C15H23N3O2/c1-20-11-8-17-15(19)14-4-2-13(3-5-14)12-18-9-6-16-7-10-18/h2-5,16H,6-12H2,1H3,(H,17,19). The van der Waals surface area contributed by atoms with Crippen LogP contribution in [0.1, 0.15) is 15.9 Å². The topological polar surface area (TPSA) is 53.6 Å². The Hall–Kier alpha value is -1.43. The molecule has 2 rings (SSSR count). The Kier molecular flexibility index (Phi) is 5.98. The first kappa shape index (κ1) is 15.0. The van der Waals surface area contributed by atoms with E-state index in [0.717, 1.165) is 32.7 Å². The minimum Gasteiger partial charge on any atom is -0.383 e. The van der Waals surface area contributed by atoms with Crippen molar-refractivity contribution in [2.24, 2.45) is 0 Å². The Morgan fingerprint density at radius 3 is 2.65 bits per heavy atom. The van der Waals surface area contributed by atoms with Crippen LogP contribution in [0.15, 0.2) is 24.3 Å². The van der Waals surface area contributed by atoms with Gasteiger partial charge in [-0.1, -0.05) is 12.1 Å². The molecule has 1 amide bonds. The van der Waals surface area contributed by atoms with Crippen molar-refractivity contribution < 1.29 is 9.53 Å². The van der Waals surface area contributed by atoms with Gasteiger partial charge in [0.15, 0.2) is 0 Å². The largest absolute Gasteiger partial charge is 0.383 e. The Bertz CT molecular complexity index is 414. The fraction of sp³-hybridized carbons (Fsp3) is 0.533. The van der Waals surface area contributed by atoms with Crippen molar-refractivity contribution in [3.05, 3.63) is 35.4 Å². The number of ether oxygens (including phenoxy) is 1. The highest BCUT2D eigenvalue weighted by Crippen LogP contribution is 2.08. The number of amides is 1. The maximum absolute atomic E-state index is 11.8. The summed E-state index contributed by atoms with van der Waals surface area (Å²) in [6, 6.07) is 7.85. The molecule has 1 heterocycles. The van der Waals surface area contributed by atoms with E-state index in [4.69, 9.17) is 4.74 Å². The van der Waals surface area contributed by atoms with Crippen molar-refractivity contribution in [2.75, 3.05) is 46.4 Å². The molecule has 0 aromatic heterocycles. The summed E-state index contributed by atoms with van der Waals surface area (Å²) < 4.78 is 4.91. The number of hydrogen-bond donors (Lipinski definition) is 2. The molecular formula is C15H23N3O2. The second-order valence-corrected chi connectivity index (χ2v) is 4.97. The number of rotatable bonds is 6. The second-order valence-electron chi connectivity index (χ2n) is 4.97. The van der Waals surface area contributed by atoms with E-state index in [1.165, 1.54) is 5.56 Å². The van der Waals surface area contributed by atoms with Crippen LogP contribution in [0, 0.1) is 0 Å². The smallest absolute Gasteiger partial charge is 0.251 e. The minimum atomic E-state index is -0.0456. The number of hydrogen-bond acceptors (Lipinski definition) is 4. The van der Waals surface area contributed by atoms with Crippen molar-refractivity contribution >= 4 is 5.91 Å². The summed E-state index contributed by atoms with van der Waals surface area (Å²) in [6.07, 6.45) is 0. The molecule has 1 aromatic carbocycles. The van der Waals surface area contributed by atoms with E-state index < -0.39 is 0 Å². The Labute approximate surface area is 120 Å². The highest BCUT2D eigenvalue weighted by Gasteiger charge is 2.10. The Morgan fingerprint density at radius 2 is 2.00 bits per heavy atom. The van der Waals surface area contributed by atoms with Gasteiger partial charge in [0.1, 0.15) is 0 Å².